The number of anilines is 1. The van der Waals surface area contributed by atoms with E-state index in [0.29, 0.717) is 6.04 Å². The first-order chi connectivity index (χ1) is 12.5. The molecular weight excluding hydrogens is 364 g/mol. The molecule has 4 nitrogen and oxygen atoms in total. The minimum atomic E-state index is 0.186. The topological polar surface area (TPSA) is 42.7 Å². The Morgan fingerprint density at radius 2 is 2.12 bits per heavy atom. The van der Waals surface area contributed by atoms with Crippen LogP contribution in [-0.4, -0.2) is 26.6 Å². The number of thioether (sulfide) groups is 1. The molecule has 0 amide bonds. The highest BCUT2D eigenvalue weighted by molar-refractivity contribution is 7.99. The van der Waals surface area contributed by atoms with Gasteiger partial charge < -0.3 is 5.32 Å². The van der Waals surface area contributed by atoms with Gasteiger partial charge in [0.2, 0.25) is 0 Å². The molecule has 3 aromatic rings. The molecule has 6 heteroatoms. The first kappa shape index (κ1) is 17.4. The van der Waals surface area contributed by atoms with Crippen LogP contribution in [0.3, 0.4) is 0 Å². The van der Waals surface area contributed by atoms with Crippen molar-refractivity contribution < 1.29 is 0 Å². The van der Waals surface area contributed by atoms with E-state index >= 15 is 0 Å². The minimum Gasteiger partial charge on any atom is -0.367 e. The lowest BCUT2D eigenvalue weighted by Crippen LogP contribution is -2.18. The summed E-state index contributed by atoms with van der Waals surface area (Å²) < 4.78 is 1.94. The molecular formula is C20H21ClN4S. The average Bonchev–Trinajstić information content (AvgIpc) is 2.83. The van der Waals surface area contributed by atoms with Crippen LogP contribution in [-0.2, 0) is 7.05 Å². The molecule has 2 atom stereocenters. The van der Waals surface area contributed by atoms with Crippen molar-refractivity contribution in [2.75, 3.05) is 11.1 Å². The Kier molecular flexibility index (Phi) is 4.67. The third kappa shape index (κ3) is 3.10. The van der Waals surface area contributed by atoms with E-state index in [4.69, 9.17) is 16.7 Å². The zero-order valence-electron chi connectivity index (χ0n) is 15.0. The average molecular weight is 385 g/mol. The summed E-state index contributed by atoms with van der Waals surface area (Å²) in [4.78, 5) is 4.55. The fourth-order valence-corrected chi connectivity index (χ4v) is 5.05. The first-order valence-corrected chi connectivity index (χ1v) is 10.1. The molecule has 2 unspecified atom stereocenters. The molecule has 0 bridgehead atoms. The lowest BCUT2D eigenvalue weighted by Gasteiger charge is -2.18. The van der Waals surface area contributed by atoms with E-state index in [1.54, 1.807) is 0 Å². The van der Waals surface area contributed by atoms with Crippen LogP contribution in [0, 0.1) is 6.92 Å². The van der Waals surface area contributed by atoms with Crippen molar-refractivity contribution >= 4 is 29.2 Å². The Morgan fingerprint density at radius 1 is 1.27 bits per heavy atom. The Bertz CT molecular complexity index is 938. The van der Waals surface area contributed by atoms with Crippen molar-refractivity contribution in [2.45, 2.75) is 25.1 Å². The van der Waals surface area contributed by atoms with E-state index in [0.717, 1.165) is 28.0 Å². The first-order valence-electron chi connectivity index (χ1n) is 8.67. The fraction of sp³-hybridized carbons (Fsp3) is 0.300. The molecule has 1 N–H and O–H groups in total. The molecule has 4 rings (SSSR count). The summed E-state index contributed by atoms with van der Waals surface area (Å²) in [7, 11) is 1.99. The smallest absolute Gasteiger partial charge is 0.129 e. The minimum absolute atomic E-state index is 0.186. The number of hydrogen-bond donors (Lipinski definition) is 1. The molecule has 3 heterocycles. The van der Waals surface area contributed by atoms with Crippen LogP contribution in [0.4, 0.5) is 5.82 Å². The third-order valence-corrected chi connectivity index (χ3v) is 6.41. The van der Waals surface area contributed by atoms with Gasteiger partial charge in [-0.1, -0.05) is 23.7 Å². The number of halogens is 1. The number of aromatic nitrogens is 3. The molecule has 1 aliphatic rings. The van der Waals surface area contributed by atoms with E-state index in [1.807, 2.05) is 60.0 Å². The maximum Gasteiger partial charge on any atom is 0.129 e. The molecule has 0 spiro atoms. The van der Waals surface area contributed by atoms with Gasteiger partial charge >= 0.3 is 0 Å². The fourth-order valence-electron chi connectivity index (χ4n) is 3.43. The molecule has 134 valence electrons. The summed E-state index contributed by atoms with van der Waals surface area (Å²) >= 11 is 8.14. The number of nitrogens with one attached hydrogen (secondary N) is 1. The highest BCUT2D eigenvalue weighted by atomic mass is 35.5. The van der Waals surface area contributed by atoms with E-state index in [-0.39, 0.29) is 5.25 Å². The highest BCUT2D eigenvalue weighted by Gasteiger charge is 2.31. The maximum absolute atomic E-state index is 6.20. The van der Waals surface area contributed by atoms with Gasteiger partial charge in [-0.05, 0) is 49.2 Å². The number of aryl methyl sites for hydroxylation is 2. The summed E-state index contributed by atoms with van der Waals surface area (Å²) in [6, 6.07) is 12.5. The normalized spacial score (nSPS) is 19.5. The summed E-state index contributed by atoms with van der Waals surface area (Å²) in [6.45, 7) is 4.33. The number of nitrogens with zero attached hydrogens (tertiary/aromatic N) is 3. The highest BCUT2D eigenvalue weighted by Crippen LogP contribution is 2.47. The van der Waals surface area contributed by atoms with Crippen LogP contribution in [0.1, 0.15) is 28.9 Å². The molecule has 0 aliphatic carbocycles. The van der Waals surface area contributed by atoms with E-state index < -0.39 is 0 Å². The Labute approximate surface area is 163 Å². The largest absolute Gasteiger partial charge is 0.367 e. The summed E-state index contributed by atoms with van der Waals surface area (Å²) in [5, 5.41) is 9.41. The van der Waals surface area contributed by atoms with Crippen LogP contribution < -0.4 is 5.32 Å². The van der Waals surface area contributed by atoms with Crippen molar-refractivity contribution in [3.8, 4) is 11.4 Å². The Hall–Kier alpha value is -1.98. The number of pyridine rings is 1. The lowest BCUT2D eigenvalue weighted by atomic mass is 9.98. The molecule has 0 fully saturated rings. The Morgan fingerprint density at radius 3 is 2.85 bits per heavy atom. The zero-order chi connectivity index (χ0) is 18.3. The van der Waals surface area contributed by atoms with Crippen LogP contribution in [0.15, 0.2) is 42.6 Å². The van der Waals surface area contributed by atoms with Gasteiger partial charge in [0.1, 0.15) is 11.5 Å². The molecule has 2 aromatic heterocycles. The summed E-state index contributed by atoms with van der Waals surface area (Å²) in [5.74, 6) is 2.09. The standard InChI is InChI=1S/C20H21ClN4S/c1-12-10-14(21)7-8-15(12)19-17-18(16-6-4-5-9-22-16)24-25(3)20(17)23-13(2)11-26-19/h4-10,13,19,23H,11H2,1-3H3. The van der Waals surface area contributed by atoms with Gasteiger partial charge in [-0.25, -0.2) is 0 Å². The second kappa shape index (κ2) is 6.97. The summed E-state index contributed by atoms with van der Waals surface area (Å²) in [6.07, 6.45) is 1.82. The molecule has 26 heavy (non-hydrogen) atoms. The number of hydrogen-bond acceptors (Lipinski definition) is 4. The summed E-state index contributed by atoms with van der Waals surface area (Å²) in [5.41, 5.74) is 5.52. The van der Waals surface area contributed by atoms with Crippen LogP contribution in [0.5, 0.6) is 0 Å². The van der Waals surface area contributed by atoms with Gasteiger partial charge in [-0.2, -0.15) is 5.10 Å². The van der Waals surface area contributed by atoms with Gasteiger partial charge in [-0.15, -0.1) is 11.8 Å². The maximum atomic E-state index is 6.20. The molecule has 1 aliphatic heterocycles. The predicted molar refractivity (Wildman–Crippen MR) is 110 cm³/mol. The number of benzene rings is 1. The van der Waals surface area contributed by atoms with E-state index in [9.17, 15) is 0 Å². The zero-order valence-corrected chi connectivity index (χ0v) is 16.6. The second-order valence-electron chi connectivity index (χ2n) is 6.71. The van der Waals surface area contributed by atoms with Crippen LogP contribution in [0.2, 0.25) is 5.02 Å². The van der Waals surface area contributed by atoms with Crippen LogP contribution >= 0.6 is 23.4 Å². The van der Waals surface area contributed by atoms with Crippen LogP contribution in [0.25, 0.3) is 11.4 Å². The van der Waals surface area contributed by atoms with Crippen molar-refractivity contribution in [1.29, 1.82) is 0 Å². The number of fused-ring (bicyclic) bond motifs is 1. The predicted octanol–water partition coefficient (Wildman–Crippen LogP) is 5.08. The van der Waals surface area contributed by atoms with Gasteiger partial charge in [0.15, 0.2) is 0 Å². The van der Waals surface area contributed by atoms with Crippen molar-refractivity contribution in [3.05, 3.63) is 64.3 Å². The molecule has 0 saturated heterocycles. The molecule has 0 radical (unpaired) electrons. The van der Waals surface area contributed by atoms with Gasteiger partial charge in [0.25, 0.3) is 0 Å². The van der Waals surface area contributed by atoms with Gasteiger partial charge in [-0.3, -0.25) is 9.67 Å². The van der Waals surface area contributed by atoms with Crippen molar-refractivity contribution in [1.82, 2.24) is 14.8 Å². The molecule has 0 saturated carbocycles. The quantitative estimate of drug-likeness (QED) is 0.669. The molecule has 1 aromatic carbocycles. The van der Waals surface area contributed by atoms with Gasteiger partial charge in [0, 0.05) is 35.6 Å². The lowest BCUT2D eigenvalue weighted by molar-refractivity contribution is 0.757. The van der Waals surface area contributed by atoms with E-state index in [2.05, 4.69) is 30.2 Å². The van der Waals surface area contributed by atoms with Crippen molar-refractivity contribution in [2.24, 2.45) is 7.05 Å². The van der Waals surface area contributed by atoms with Crippen molar-refractivity contribution in [3.63, 3.8) is 0 Å². The monoisotopic (exact) mass is 384 g/mol. The van der Waals surface area contributed by atoms with E-state index in [1.165, 1.54) is 16.7 Å². The number of rotatable bonds is 2. The van der Waals surface area contributed by atoms with Gasteiger partial charge in [0.05, 0.1) is 10.9 Å². The SMILES string of the molecule is Cc1cc(Cl)ccc1C1SCC(C)Nc2c1c(-c1ccccn1)nn2C. The Balaban J connectivity index is 1.94. The third-order valence-electron chi connectivity index (χ3n) is 4.66. The second-order valence-corrected chi connectivity index (χ2v) is 8.28.